The number of carbonyl (C=O) groups is 1. The maximum Gasteiger partial charge on any atom is 0.143 e. The van der Waals surface area contributed by atoms with Crippen LogP contribution in [-0.4, -0.2) is 24.5 Å². The summed E-state index contributed by atoms with van der Waals surface area (Å²) in [4.78, 5) is 13.0. The summed E-state index contributed by atoms with van der Waals surface area (Å²) in [5, 5.41) is 0. The molecule has 3 fully saturated rings. The number of hydrogen-bond acceptors (Lipinski definition) is 3. The zero-order valence-electron chi connectivity index (χ0n) is 12.7. The molecule has 3 aliphatic rings. The van der Waals surface area contributed by atoms with Gasteiger partial charge in [-0.3, -0.25) is 4.79 Å². The maximum atomic E-state index is 13.0. The Morgan fingerprint density at radius 1 is 1.05 bits per heavy atom. The molecule has 1 heterocycles. The highest BCUT2D eigenvalue weighted by Gasteiger charge is 2.47. The molecule has 0 aromatic carbocycles. The van der Waals surface area contributed by atoms with Gasteiger partial charge in [0.1, 0.15) is 5.78 Å². The van der Waals surface area contributed by atoms with Crippen molar-refractivity contribution < 1.29 is 9.53 Å². The van der Waals surface area contributed by atoms with Crippen LogP contribution >= 0.6 is 0 Å². The normalized spacial score (nSPS) is 32.4. The van der Waals surface area contributed by atoms with Crippen LogP contribution in [0, 0.1) is 11.3 Å². The number of rotatable bonds is 3. The van der Waals surface area contributed by atoms with Crippen LogP contribution < -0.4 is 5.73 Å². The van der Waals surface area contributed by atoms with Crippen molar-refractivity contribution in [3.63, 3.8) is 0 Å². The van der Waals surface area contributed by atoms with Gasteiger partial charge in [-0.1, -0.05) is 32.1 Å². The molecule has 0 aromatic heterocycles. The molecule has 0 radical (unpaired) electrons. The van der Waals surface area contributed by atoms with E-state index >= 15 is 0 Å². The van der Waals surface area contributed by atoms with E-state index in [4.69, 9.17) is 10.5 Å². The molecule has 1 saturated heterocycles. The maximum absolute atomic E-state index is 13.0. The lowest BCUT2D eigenvalue weighted by Gasteiger charge is -2.44. The van der Waals surface area contributed by atoms with E-state index in [0.717, 1.165) is 45.1 Å². The van der Waals surface area contributed by atoms with Gasteiger partial charge in [0.05, 0.1) is 5.60 Å². The van der Waals surface area contributed by atoms with Gasteiger partial charge < -0.3 is 10.5 Å². The minimum absolute atomic E-state index is 0.0330. The van der Waals surface area contributed by atoms with Crippen LogP contribution in [0.25, 0.3) is 0 Å². The third kappa shape index (κ3) is 2.55. The van der Waals surface area contributed by atoms with Crippen molar-refractivity contribution in [2.24, 2.45) is 17.1 Å². The molecule has 3 rings (SSSR count). The van der Waals surface area contributed by atoms with Gasteiger partial charge in [0.15, 0.2) is 0 Å². The molecule has 1 spiro atoms. The highest BCUT2D eigenvalue weighted by Crippen LogP contribution is 2.46. The minimum atomic E-state index is -0.183. The molecule has 3 nitrogen and oxygen atoms in total. The van der Waals surface area contributed by atoms with Crippen molar-refractivity contribution in [1.82, 2.24) is 0 Å². The van der Waals surface area contributed by atoms with Crippen LogP contribution in [0.1, 0.15) is 70.6 Å². The van der Waals surface area contributed by atoms with Gasteiger partial charge in [-0.25, -0.2) is 0 Å². The smallest absolute Gasteiger partial charge is 0.143 e. The van der Waals surface area contributed by atoms with Crippen molar-refractivity contribution in [1.29, 1.82) is 0 Å². The predicted molar refractivity (Wildman–Crippen MR) is 79.5 cm³/mol. The lowest BCUT2D eigenvalue weighted by Crippen LogP contribution is -2.48. The Labute approximate surface area is 122 Å². The first-order chi connectivity index (χ1) is 9.70. The lowest BCUT2D eigenvalue weighted by molar-refractivity contribution is -0.150. The molecule has 1 unspecified atom stereocenters. The van der Waals surface area contributed by atoms with E-state index in [1.165, 1.54) is 32.1 Å². The van der Waals surface area contributed by atoms with Crippen LogP contribution in [0.15, 0.2) is 0 Å². The highest BCUT2D eigenvalue weighted by molar-refractivity contribution is 5.87. The second kappa shape index (κ2) is 5.76. The monoisotopic (exact) mass is 279 g/mol. The number of nitrogens with two attached hydrogens (primary N) is 1. The van der Waals surface area contributed by atoms with Crippen LogP contribution in [0.4, 0.5) is 0 Å². The molecule has 2 N–H and O–H groups in total. The first-order valence-corrected chi connectivity index (χ1v) is 8.58. The number of ketones is 1. The zero-order chi connectivity index (χ0) is 14.1. The van der Waals surface area contributed by atoms with E-state index < -0.39 is 0 Å². The number of ether oxygens (including phenoxy) is 1. The van der Waals surface area contributed by atoms with Gasteiger partial charge in [0.25, 0.3) is 0 Å². The zero-order valence-corrected chi connectivity index (χ0v) is 12.7. The minimum Gasteiger partial charge on any atom is -0.375 e. The fraction of sp³-hybridized carbons (Fsp3) is 0.941. The van der Waals surface area contributed by atoms with Crippen LogP contribution in [0.3, 0.4) is 0 Å². The molecule has 0 bridgehead atoms. The summed E-state index contributed by atoms with van der Waals surface area (Å²) in [6.07, 6.45) is 12.5. The van der Waals surface area contributed by atoms with Crippen molar-refractivity contribution in [3.05, 3.63) is 0 Å². The topological polar surface area (TPSA) is 52.3 Å². The van der Waals surface area contributed by atoms with Gasteiger partial charge >= 0.3 is 0 Å². The summed E-state index contributed by atoms with van der Waals surface area (Å²) in [6, 6.07) is 0. The Kier molecular flexibility index (Phi) is 4.19. The third-order valence-electron chi connectivity index (χ3n) is 6.10. The molecule has 2 aliphatic carbocycles. The summed E-state index contributed by atoms with van der Waals surface area (Å²) >= 11 is 0. The van der Waals surface area contributed by atoms with E-state index in [1.54, 1.807) is 0 Å². The molecule has 114 valence electrons. The van der Waals surface area contributed by atoms with E-state index in [-0.39, 0.29) is 16.9 Å². The fourth-order valence-electron chi connectivity index (χ4n) is 4.83. The van der Waals surface area contributed by atoms with E-state index in [0.29, 0.717) is 12.3 Å². The molecule has 1 atom stereocenters. The van der Waals surface area contributed by atoms with Crippen molar-refractivity contribution in [2.45, 2.75) is 76.2 Å². The van der Waals surface area contributed by atoms with E-state index in [2.05, 4.69) is 0 Å². The number of carbonyl (C=O) groups excluding carboxylic acids is 1. The Morgan fingerprint density at radius 3 is 2.35 bits per heavy atom. The summed E-state index contributed by atoms with van der Waals surface area (Å²) in [7, 11) is 0. The fourth-order valence-corrected chi connectivity index (χ4v) is 4.83. The largest absolute Gasteiger partial charge is 0.375 e. The second-order valence-corrected chi connectivity index (χ2v) is 7.34. The average molecular weight is 279 g/mol. The van der Waals surface area contributed by atoms with Gasteiger partial charge in [0, 0.05) is 24.5 Å². The van der Waals surface area contributed by atoms with Crippen LogP contribution in [0.2, 0.25) is 0 Å². The number of hydrogen-bond donors (Lipinski definition) is 1. The SMILES string of the molecule is NCC1(C(=O)C2CCOC3(CCCCC3)C2)CCCC1. The molecule has 3 heteroatoms. The van der Waals surface area contributed by atoms with Crippen LogP contribution in [-0.2, 0) is 9.53 Å². The quantitative estimate of drug-likeness (QED) is 0.863. The summed E-state index contributed by atoms with van der Waals surface area (Å²) < 4.78 is 6.13. The molecule has 0 amide bonds. The van der Waals surface area contributed by atoms with E-state index in [1.807, 2.05) is 0 Å². The Morgan fingerprint density at radius 2 is 1.70 bits per heavy atom. The van der Waals surface area contributed by atoms with E-state index in [9.17, 15) is 4.79 Å². The molecule has 2 saturated carbocycles. The Balaban J connectivity index is 1.71. The molecular weight excluding hydrogens is 250 g/mol. The summed E-state index contributed by atoms with van der Waals surface area (Å²) in [5.74, 6) is 0.689. The highest BCUT2D eigenvalue weighted by atomic mass is 16.5. The molecule has 1 aliphatic heterocycles. The molecule has 20 heavy (non-hydrogen) atoms. The Hall–Kier alpha value is -0.410. The van der Waals surface area contributed by atoms with Gasteiger partial charge in [-0.2, -0.15) is 0 Å². The molecule has 0 aromatic rings. The number of Topliss-reactive ketones (excluding diaryl/α,β-unsaturated/α-hetero) is 1. The van der Waals surface area contributed by atoms with Crippen LogP contribution in [0.5, 0.6) is 0 Å². The standard InChI is InChI=1S/C17H29NO2/c18-13-16(7-4-5-8-16)15(19)14-6-11-20-17(12-14)9-2-1-3-10-17/h14H,1-13,18H2. The third-order valence-corrected chi connectivity index (χ3v) is 6.10. The summed E-state index contributed by atoms with van der Waals surface area (Å²) in [5.41, 5.74) is 5.84. The van der Waals surface area contributed by atoms with Crippen molar-refractivity contribution in [2.75, 3.05) is 13.2 Å². The van der Waals surface area contributed by atoms with Crippen molar-refractivity contribution in [3.8, 4) is 0 Å². The first-order valence-electron chi connectivity index (χ1n) is 8.58. The van der Waals surface area contributed by atoms with Gasteiger partial charge in [-0.05, 0) is 38.5 Å². The predicted octanol–water partition coefficient (Wildman–Crippen LogP) is 3.20. The first kappa shape index (κ1) is 14.5. The Bertz CT molecular complexity index is 348. The van der Waals surface area contributed by atoms with Crippen molar-refractivity contribution >= 4 is 5.78 Å². The summed E-state index contributed by atoms with van der Waals surface area (Å²) in [6.45, 7) is 1.33. The second-order valence-electron chi connectivity index (χ2n) is 7.34. The molecular formula is C17H29NO2. The van der Waals surface area contributed by atoms with Gasteiger partial charge in [0.2, 0.25) is 0 Å². The average Bonchev–Trinajstić information content (AvgIpc) is 2.97. The lowest BCUT2D eigenvalue weighted by atomic mass is 9.69. The van der Waals surface area contributed by atoms with Gasteiger partial charge in [-0.15, -0.1) is 0 Å².